The molecule has 25 heavy (non-hydrogen) atoms. The van der Waals surface area contributed by atoms with E-state index in [4.69, 9.17) is 10.5 Å². The Hall–Kier alpha value is -2.00. The molecule has 1 saturated heterocycles. The summed E-state index contributed by atoms with van der Waals surface area (Å²) in [6.07, 6.45) is -2.99. The van der Waals surface area contributed by atoms with Crippen molar-refractivity contribution in [2.24, 2.45) is 10.7 Å². The number of anilines is 1. The van der Waals surface area contributed by atoms with Gasteiger partial charge in [0, 0.05) is 24.4 Å². The highest BCUT2D eigenvalue weighted by Gasteiger charge is 2.34. The van der Waals surface area contributed by atoms with E-state index in [1.165, 1.54) is 24.3 Å². The van der Waals surface area contributed by atoms with Gasteiger partial charge in [-0.2, -0.15) is 0 Å². The van der Waals surface area contributed by atoms with E-state index in [1.54, 1.807) is 0 Å². The van der Waals surface area contributed by atoms with Crippen LogP contribution in [0.1, 0.15) is 12.8 Å². The van der Waals surface area contributed by atoms with Crippen molar-refractivity contribution in [3.8, 4) is 5.75 Å². The highest BCUT2D eigenvalue weighted by molar-refractivity contribution is 5.92. The van der Waals surface area contributed by atoms with Gasteiger partial charge in [0.15, 0.2) is 5.96 Å². The number of rotatable bonds is 5. The number of nitrogens with zero attached hydrogens (tertiary/aromatic N) is 2. The number of guanidine groups is 1. The van der Waals surface area contributed by atoms with Crippen molar-refractivity contribution >= 4 is 11.6 Å². The number of nitrogens with two attached hydrogens (primary N) is 1. The van der Waals surface area contributed by atoms with Crippen LogP contribution in [0.5, 0.6) is 5.75 Å². The van der Waals surface area contributed by atoms with Crippen LogP contribution < -0.4 is 15.8 Å². The Bertz CT molecular complexity index is 582. The van der Waals surface area contributed by atoms with Crippen LogP contribution in [0, 0.1) is 0 Å². The van der Waals surface area contributed by atoms with E-state index in [9.17, 15) is 13.2 Å². The lowest BCUT2D eigenvalue weighted by atomic mass is 9.89. The lowest BCUT2D eigenvalue weighted by molar-refractivity contribution is -0.274. The van der Waals surface area contributed by atoms with Gasteiger partial charge in [0.05, 0.1) is 6.54 Å². The van der Waals surface area contributed by atoms with Crippen molar-refractivity contribution in [2.75, 3.05) is 39.2 Å². The van der Waals surface area contributed by atoms with Crippen LogP contribution in [0.25, 0.3) is 0 Å². The third kappa shape index (κ3) is 5.79. The zero-order valence-electron chi connectivity index (χ0n) is 14.3. The predicted octanol–water partition coefficient (Wildman–Crippen LogP) is 2.42. The van der Waals surface area contributed by atoms with Gasteiger partial charge >= 0.3 is 6.36 Å². The summed E-state index contributed by atoms with van der Waals surface area (Å²) < 4.78 is 45.7. The number of aliphatic imine (C=N–C) groups is 1. The van der Waals surface area contributed by atoms with E-state index in [0.717, 1.165) is 12.8 Å². The summed E-state index contributed by atoms with van der Waals surface area (Å²) in [6.45, 7) is 1.88. The largest absolute Gasteiger partial charge is 0.573 e. The first kappa shape index (κ1) is 19.3. The average Bonchev–Trinajstić information content (AvgIpc) is 2.54. The fraction of sp³-hybridized carbons (Fsp3) is 0.562. The predicted molar refractivity (Wildman–Crippen MR) is 89.7 cm³/mol. The SMILES string of the molecule is CN(C)C1(CN=C(N)Nc2ccc(OC(F)(F)F)cc2)CCOCC1. The van der Waals surface area contributed by atoms with E-state index in [1.807, 2.05) is 14.1 Å². The first-order valence-electron chi connectivity index (χ1n) is 7.88. The van der Waals surface area contributed by atoms with Crippen LogP contribution >= 0.6 is 0 Å². The van der Waals surface area contributed by atoms with Crippen LogP contribution in [0.15, 0.2) is 29.3 Å². The maximum Gasteiger partial charge on any atom is 0.573 e. The maximum absolute atomic E-state index is 12.1. The summed E-state index contributed by atoms with van der Waals surface area (Å²) in [4.78, 5) is 6.53. The molecule has 1 aliphatic rings. The molecule has 1 heterocycles. The molecule has 0 bridgehead atoms. The molecule has 9 heteroatoms. The molecular formula is C16H23F3N4O2. The number of ether oxygens (including phenoxy) is 2. The number of benzene rings is 1. The van der Waals surface area contributed by atoms with Crippen LogP contribution in [-0.2, 0) is 4.74 Å². The van der Waals surface area contributed by atoms with Crippen molar-refractivity contribution in [1.29, 1.82) is 0 Å². The van der Waals surface area contributed by atoms with Crippen molar-refractivity contribution in [2.45, 2.75) is 24.7 Å². The summed E-state index contributed by atoms with van der Waals surface area (Å²) in [5.41, 5.74) is 6.33. The summed E-state index contributed by atoms with van der Waals surface area (Å²) in [5, 5.41) is 2.87. The zero-order chi connectivity index (χ0) is 18.5. The summed E-state index contributed by atoms with van der Waals surface area (Å²) in [7, 11) is 4.01. The smallest absolute Gasteiger partial charge is 0.406 e. The molecule has 6 nitrogen and oxygen atoms in total. The highest BCUT2D eigenvalue weighted by Crippen LogP contribution is 2.26. The molecule has 1 aliphatic heterocycles. The Morgan fingerprint density at radius 1 is 1.28 bits per heavy atom. The first-order valence-corrected chi connectivity index (χ1v) is 7.88. The minimum Gasteiger partial charge on any atom is -0.406 e. The molecule has 0 unspecified atom stereocenters. The molecule has 0 saturated carbocycles. The van der Waals surface area contributed by atoms with Gasteiger partial charge in [-0.3, -0.25) is 4.99 Å². The third-order valence-corrected chi connectivity index (χ3v) is 4.28. The Morgan fingerprint density at radius 3 is 2.40 bits per heavy atom. The summed E-state index contributed by atoms with van der Waals surface area (Å²) >= 11 is 0. The van der Waals surface area contributed by atoms with Crippen LogP contribution in [0.3, 0.4) is 0 Å². The molecule has 1 fully saturated rings. The number of likely N-dealkylation sites (N-methyl/N-ethyl adjacent to an activating group) is 1. The Labute approximate surface area is 144 Å². The van der Waals surface area contributed by atoms with Crippen molar-refractivity contribution < 1.29 is 22.6 Å². The first-order chi connectivity index (χ1) is 11.7. The van der Waals surface area contributed by atoms with E-state index < -0.39 is 6.36 Å². The number of hydrogen-bond donors (Lipinski definition) is 2. The second-order valence-corrected chi connectivity index (χ2v) is 6.13. The molecule has 140 valence electrons. The van der Waals surface area contributed by atoms with Crippen molar-refractivity contribution in [3.05, 3.63) is 24.3 Å². The topological polar surface area (TPSA) is 72.1 Å². The van der Waals surface area contributed by atoms with Gasteiger partial charge in [0.25, 0.3) is 0 Å². The highest BCUT2D eigenvalue weighted by atomic mass is 19.4. The molecule has 0 amide bonds. The van der Waals surface area contributed by atoms with E-state index in [0.29, 0.717) is 25.4 Å². The Balaban J connectivity index is 1.96. The Morgan fingerprint density at radius 2 is 1.88 bits per heavy atom. The van der Waals surface area contributed by atoms with Gasteiger partial charge in [-0.1, -0.05) is 0 Å². The van der Waals surface area contributed by atoms with Gasteiger partial charge in [0.2, 0.25) is 0 Å². The van der Waals surface area contributed by atoms with E-state index >= 15 is 0 Å². The Kier molecular flexibility index (Phi) is 6.12. The molecule has 3 N–H and O–H groups in total. The fourth-order valence-corrected chi connectivity index (χ4v) is 2.66. The minimum atomic E-state index is -4.71. The van der Waals surface area contributed by atoms with Gasteiger partial charge in [0.1, 0.15) is 5.75 Å². The monoisotopic (exact) mass is 360 g/mol. The number of nitrogens with one attached hydrogen (secondary N) is 1. The van der Waals surface area contributed by atoms with Gasteiger partial charge < -0.3 is 25.4 Å². The minimum absolute atomic E-state index is 0.102. The quantitative estimate of drug-likeness (QED) is 0.623. The number of halogens is 3. The zero-order valence-corrected chi connectivity index (χ0v) is 14.3. The van der Waals surface area contributed by atoms with Gasteiger partial charge in [-0.05, 0) is 51.2 Å². The molecule has 2 rings (SSSR count). The number of alkyl halides is 3. The molecule has 0 aliphatic carbocycles. The van der Waals surface area contributed by atoms with Gasteiger partial charge in [-0.15, -0.1) is 13.2 Å². The van der Waals surface area contributed by atoms with Gasteiger partial charge in [-0.25, -0.2) is 0 Å². The molecule has 0 aromatic heterocycles. The third-order valence-electron chi connectivity index (χ3n) is 4.28. The van der Waals surface area contributed by atoms with E-state index in [-0.39, 0.29) is 17.2 Å². The average molecular weight is 360 g/mol. The number of hydrogen-bond acceptors (Lipinski definition) is 4. The lowest BCUT2D eigenvalue weighted by Gasteiger charge is -2.41. The van der Waals surface area contributed by atoms with E-state index in [2.05, 4.69) is 19.9 Å². The second kappa shape index (κ2) is 7.92. The molecule has 0 atom stereocenters. The van der Waals surface area contributed by atoms with Crippen LogP contribution in [0.2, 0.25) is 0 Å². The summed E-state index contributed by atoms with van der Waals surface area (Å²) in [6, 6.07) is 5.31. The summed E-state index contributed by atoms with van der Waals surface area (Å²) in [5.74, 6) is -0.0838. The van der Waals surface area contributed by atoms with Crippen LogP contribution in [0.4, 0.5) is 18.9 Å². The maximum atomic E-state index is 12.1. The standard InChI is InChI=1S/C16H23F3N4O2/c1-23(2)15(7-9-24-10-8-15)11-21-14(20)22-12-3-5-13(6-4-12)25-16(17,18)19/h3-6H,7-11H2,1-2H3,(H3,20,21,22). The molecule has 0 spiro atoms. The molecule has 0 radical (unpaired) electrons. The van der Waals surface area contributed by atoms with Crippen molar-refractivity contribution in [1.82, 2.24) is 4.90 Å². The molecular weight excluding hydrogens is 337 g/mol. The fourth-order valence-electron chi connectivity index (χ4n) is 2.66. The van der Waals surface area contributed by atoms with Crippen LogP contribution in [-0.4, -0.2) is 56.6 Å². The second-order valence-electron chi connectivity index (χ2n) is 6.13. The molecule has 1 aromatic rings. The normalized spacial score (nSPS) is 18.2. The lowest BCUT2D eigenvalue weighted by Crippen LogP contribution is -2.51. The van der Waals surface area contributed by atoms with Crippen molar-refractivity contribution in [3.63, 3.8) is 0 Å². The molecule has 1 aromatic carbocycles.